The Morgan fingerprint density at radius 2 is 1.96 bits per heavy atom. The Bertz CT molecular complexity index is 709. The summed E-state index contributed by atoms with van der Waals surface area (Å²) >= 11 is 3.88. The summed E-state index contributed by atoms with van der Waals surface area (Å²) in [5.74, 6) is -0.850. The van der Waals surface area contributed by atoms with E-state index >= 15 is 0 Å². The summed E-state index contributed by atoms with van der Waals surface area (Å²) in [5.41, 5.74) is 0.991. The van der Waals surface area contributed by atoms with Crippen LogP contribution in [0.4, 0.5) is 13.2 Å². The molecule has 0 heterocycles. The highest BCUT2D eigenvalue weighted by Gasteiger charge is 2.47. The highest BCUT2D eigenvalue weighted by atomic mass is 127. The van der Waals surface area contributed by atoms with Gasteiger partial charge in [-0.15, -0.1) is 0 Å². The van der Waals surface area contributed by atoms with E-state index in [4.69, 9.17) is 0 Å². The molecule has 0 aliphatic carbocycles. The van der Waals surface area contributed by atoms with Gasteiger partial charge in [0.1, 0.15) is 0 Å². The largest absolute Gasteiger partial charge is 0.743 e. The third kappa shape index (κ3) is 5.16. The van der Waals surface area contributed by atoms with E-state index in [0.29, 0.717) is 3.57 Å². The van der Waals surface area contributed by atoms with Crippen molar-refractivity contribution in [3.05, 3.63) is 30.4 Å². The van der Waals surface area contributed by atoms with E-state index < -0.39 is 40.5 Å². The Labute approximate surface area is 158 Å². The molecule has 1 aromatic rings. The van der Waals surface area contributed by atoms with Gasteiger partial charge in [0.15, 0.2) is 16.3 Å². The van der Waals surface area contributed by atoms with Crippen molar-refractivity contribution >= 4 is 61.3 Å². The minimum absolute atomic E-state index is 0.189. The van der Waals surface area contributed by atoms with Gasteiger partial charge in [-0.25, -0.2) is 17.6 Å². The van der Waals surface area contributed by atoms with Gasteiger partial charge in [0, 0.05) is 13.6 Å². The van der Waals surface area contributed by atoms with E-state index in [0.717, 1.165) is 9.13 Å². The number of benzene rings is 1. The number of esters is 1. The fourth-order valence-electron chi connectivity index (χ4n) is 1.53. The average Bonchev–Trinajstić information content (AvgIpc) is 2.41. The van der Waals surface area contributed by atoms with Crippen molar-refractivity contribution in [1.82, 2.24) is 0 Å². The number of rotatable bonds is 6. The van der Waals surface area contributed by atoms with Gasteiger partial charge in [-0.2, -0.15) is 8.78 Å². The molecule has 5 nitrogen and oxygen atoms in total. The molecular weight excluding hydrogens is 567 g/mol. The molecule has 0 saturated carbocycles. The van der Waals surface area contributed by atoms with Crippen molar-refractivity contribution in [2.75, 3.05) is 6.61 Å². The van der Waals surface area contributed by atoms with Gasteiger partial charge in [-0.3, -0.25) is 0 Å². The highest BCUT2D eigenvalue weighted by molar-refractivity contribution is 14.1. The monoisotopic (exact) mass is 577 g/mol. The molecule has 130 valence electrons. The molecule has 0 spiro atoms. The first-order valence-electron chi connectivity index (χ1n) is 5.98. The first-order valence-corrected chi connectivity index (χ1v) is 9.54. The summed E-state index contributed by atoms with van der Waals surface area (Å²) in [7, 11) is -6.12. The molecule has 0 amide bonds. The number of aryl methyl sites for hydroxylation is 1. The van der Waals surface area contributed by atoms with Gasteiger partial charge in [-0.1, -0.05) is 0 Å². The third-order valence-electron chi connectivity index (χ3n) is 2.74. The van der Waals surface area contributed by atoms with Crippen molar-refractivity contribution < 1.29 is 35.7 Å². The Hall–Kier alpha value is -0.150. The fraction of sp³-hybridized carbons (Fsp3) is 0.417. The van der Waals surface area contributed by atoms with Gasteiger partial charge in [0.05, 0.1) is 12.2 Å². The minimum Gasteiger partial charge on any atom is -0.743 e. The van der Waals surface area contributed by atoms with Crippen LogP contribution < -0.4 is 0 Å². The lowest BCUT2D eigenvalue weighted by atomic mass is 10.1. The first kappa shape index (κ1) is 20.9. The molecular formula is C12H10F3I2O5S-. The van der Waals surface area contributed by atoms with Crippen molar-refractivity contribution in [2.24, 2.45) is 0 Å². The van der Waals surface area contributed by atoms with E-state index in [2.05, 4.69) is 4.74 Å². The number of hydrogen-bond donors (Lipinski definition) is 0. The molecule has 1 unspecified atom stereocenters. The zero-order valence-electron chi connectivity index (χ0n) is 11.5. The molecule has 0 bridgehead atoms. The average molecular weight is 577 g/mol. The standard InChI is InChI=1S/C12H11F3I2O5S/c1-6-4-7(16)5-8(10(6)17)11(18)22-3-2-9(13)12(14,15)23(19,20)21/h4-5,9H,2-3H2,1H3,(H,19,20,21)/p-1. The Morgan fingerprint density at radius 1 is 1.39 bits per heavy atom. The highest BCUT2D eigenvalue weighted by Crippen LogP contribution is 2.29. The molecule has 0 aliphatic heterocycles. The lowest BCUT2D eigenvalue weighted by Crippen LogP contribution is -2.39. The van der Waals surface area contributed by atoms with Crippen molar-refractivity contribution in [3.63, 3.8) is 0 Å². The van der Waals surface area contributed by atoms with Crippen LogP contribution in [0.15, 0.2) is 12.1 Å². The maximum atomic E-state index is 13.2. The maximum Gasteiger partial charge on any atom is 0.364 e. The third-order valence-corrected chi connectivity index (χ3v) is 5.72. The van der Waals surface area contributed by atoms with Crippen LogP contribution >= 0.6 is 45.2 Å². The quantitative estimate of drug-likeness (QED) is 0.295. The number of carbonyl (C=O) groups is 1. The second-order valence-electron chi connectivity index (χ2n) is 4.49. The fourth-order valence-corrected chi connectivity index (χ4v) is 3.27. The lowest BCUT2D eigenvalue weighted by Gasteiger charge is -2.23. The van der Waals surface area contributed by atoms with E-state index in [1.165, 1.54) is 6.07 Å². The van der Waals surface area contributed by atoms with Gasteiger partial charge in [-0.05, 0) is 69.8 Å². The molecule has 1 aromatic carbocycles. The second kappa shape index (κ2) is 7.82. The summed E-state index contributed by atoms with van der Waals surface area (Å²) < 4.78 is 75.9. The SMILES string of the molecule is Cc1cc(I)cc(C(=O)OCCC(F)C(F)(F)S(=O)(=O)[O-])c1I. The molecule has 11 heteroatoms. The molecule has 23 heavy (non-hydrogen) atoms. The van der Waals surface area contributed by atoms with E-state index in [-0.39, 0.29) is 5.56 Å². The van der Waals surface area contributed by atoms with Crippen LogP contribution in [0, 0.1) is 14.1 Å². The van der Waals surface area contributed by atoms with Gasteiger partial charge >= 0.3 is 11.2 Å². The first-order chi connectivity index (χ1) is 10.4. The minimum atomic E-state index is -6.12. The molecule has 0 aromatic heterocycles. The van der Waals surface area contributed by atoms with Crippen LogP contribution in [-0.4, -0.2) is 37.0 Å². The molecule has 1 atom stereocenters. The summed E-state index contributed by atoms with van der Waals surface area (Å²) in [6.07, 6.45) is -4.37. The number of carbonyl (C=O) groups excluding carboxylic acids is 1. The molecule has 0 radical (unpaired) electrons. The van der Waals surface area contributed by atoms with Gasteiger partial charge in [0.2, 0.25) is 0 Å². The van der Waals surface area contributed by atoms with Crippen LogP contribution in [0.5, 0.6) is 0 Å². The lowest BCUT2D eigenvalue weighted by molar-refractivity contribution is -0.0169. The van der Waals surface area contributed by atoms with E-state index in [1.807, 2.05) is 51.2 Å². The Morgan fingerprint density at radius 3 is 2.48 bits per heavy atom. The van der Waals surface area contributed by atoms with Crippen molar-refractivity contribution in [2.45, 2.75) is 24.8 Å². The maximum absolute atomic E-state index is 13.2. The van der Waals surface area contributed by atoms with Crippen LogP contribution in [-0.2, 0) is 14.9 Å². The second-order valence-corrected chi connectivity index (χ2v) is 8.27. The number of ether oxygens (including phenoxy) is 1. The van der Waals surface area contributed by atoms with Crippen molar-refractivity contribution in [3.8, 4) is 0 Å². The molecule has 0 saturated heterocycles. The normalized spacial score (nSPS) is 13.7. The van der Waals surface area contributed by atoms with Crippen LogP contribution in [0.1, 0.15) is 22.3 Å². The number of alkyl halides is 3. The molecule has 0 N–H and O–H groups in total. The van der Waals surface area contributed by atoms with Crippen LogP contribution in [0.25, 0.3) is 0 Å². The predicted molar refractivity (Wildman–Crippen MR) is 91.1 cm³/mol. The van der Waals surface area contributed by atoms with Crippen molar-refractivity contribution in [1.29, 1.82) is 0 Å². The number of halogens is 5. The van der Waals surface area contributed by atoms with E-state index in [1.54, 1.807) is 6.92 Å². The van der Waals surface area contributed by atoms with Gasteiger partial charge in [0.25, 0.3) is 0 Å². The Kier molecular flexibility index (Phi) is 7.10. The Balaban J connectivity index is 2.72. The van der Waals surface area contributed by atoms with E-state index in [9.17, 15) is 30.9 Å². The van der Waals surface area contributed by atoms with Crippen LogP contribution in [0.2, 0.25) is 0 Å². The summed E-state index contributed by atoms with van der Waals surface area (Å²) in [6, 6.07) is 3.33. The summed E-state index contributed by atoms with van der Waals surface area (Å²) in [5, 5.41) is -5.06. The number of hydrogen-bond acceptors (Lipinski definition) is 5. The zero-order chi connectivity index (χ0) is 18.0. The smallest absolute Gasteiger partial charge is 0.364 e. The zero-order valence-corrected chi connectivity index (χ0v) is 16.6. The molecule has 0 fully saturated rings. The topological polar surface area (TPSA) is 83.5 Å². The predicted octanol–water partition coefficient (Wildman–Crippen LogP) is 3.23. The molecule has 1 rings (SSSR count). The van der Waals surface area contributed by atoms with Gasteiger partial charge < -0.3 is 9.29 Å². The van der Waals surface area contributed by atoms with Crippen LogP contribution in [0.3, 0.4) is 0 Å². The summed E-state index contributed by atoms with van der Waals surface area (Å²) in [6.45, 7) is 0.976. The summed E-state index contributed by atoms with van der Waals surface area (Å²) in [4.78, 5) is 11.9. The molecule has 0 aliphatic rings.